The summed E-state index contributed by atoms with van der Waals surface area (Å²) in [6.07, 6.45) is 0.628. The molecule has 1 heterocycles. The highest BCUT2D eigenvalue weighted by atomic mass is 79.9. The minimum absolute atomic E-state index is 0.242. The Morgan fingerprint density at radius 2 is 2.45 bits per heavy atom. The number of ether oxygens (including phenoxy) is 1. The Bertz CT molecular complexity index is 260. The van der Waals surface area contributed by atoms with Gasteiger partial charge in [0.15, 0.2) is 23.3 Å². The molecule has 0 aromatic carbocycles. The van der Waals surface area contributed by atoms with Gasteiger partial charge in [-0.1, -0.05) is 0 Å². The first-order valence-electron chi connectivity index (χ1n) is 2.82. The lowest BCUT2D eigenvalue weighted by Gasteiger charge is -1.92. The highest BCUT2D eigenvalue weighted by molar-refractivity contribution is 9.10. The molecule has 0 radical (unpaired) electrons. The zero-order valence-corrected chi connectivity index (χ0v) is 7.41. The molecule has 1 aromatic rings. The van der Waals surface area contributed by atoms with Crippen molar-refractivity contribution in [3.63, 3.8) is 0 Å². The molecule has 0 saturated heterocycles. The third-order valence-electron chi connectivity index (χ3n) is 0.994. The first kappa shape index (κ1) is 8.35. The summed E-state index contributed by atoms with van der Waals surface area (Å²) in [5, 5.41) is 7.62. The van der Waals surface area contributed by atoms with Crippen LogP contribution in [0.4, 0.5) is 0 Å². The van der Waals surface area contributed by atoms with Crippen molar-refractivity contribution in [1.29, 1.82) is 0 Å². The fourth-order valence-corrected chi connectivity index (χ4v) is 0.942. The van der Waals surface area contributed by atoms with Crippen molar-refractivity contribution in [1.82, 2.24) is 15.0 Å². The fourth-order valence-electron chi connectivity index (χ4n) is 0.586. The number of carbonyl (C=O) groups excluding carboxylic acids is 1. The van der Waals surface area contributed by atoms with Crippen LogP contribution in [0.2, 0.25) is 0 Å². The summed E-state index contributed by atoms with van der Waals surface area (Å²) in [6.45, 7) is 0.242. The van der Waals surface area contributed by atoms with Crippen molar-refractivity contribution in [3.8, 4) is 0 Å². The first-order valence-corrected chi connectivity index (χ1v) is 3.62. The molecular weight excluding hydrogens is 214 g/mol. The largest absolute Gasteiger partial charge is 0.361 e. The molecule has 0 bridgehead atoms. The quantitative estimate of drug-likeness (QED) is 0.694. The zero-order valence-electron chi connectivity index (χ0n) is 5.82. The molecule has 6 heteroatoms. The number of hydrogen-bond donors (Lipinski definition) is 0. The van der Waals surface area contributed by atoms with E-state index >= 15 is 0 Å². The average Bonchev–Trinajstić information content (AvgIpc) is 2.32. The summed E-state index contributed by atoms with van der Waals surface area (Å²) < 4.78 is 5.18. The van der Waals surface area contributed by atoms with Crippen molar-refractivity contribution in [2.75, 3.05) is 7.11 Å². The van der Waals surface area contributed by atoms with Gasteiger partial charge in [0.2, 0.25) is 0 Å². The molecule has 0 aliphatic heterocycles. The highest BCUT2D eigenvalue weighted by Crippen LogP contribution is 2.07. The smallest absolute Gasteiger partial charge is 0.173 e. The van der Waals surface area contributed by atoms with Gasteiger partial charge in [0.25, 0.3) is 0 Å². The number of hydrogen-bond acceptors (Lipinski definition) is 4. The Kier molecular flexibility index (Phi) is 2.72. The monoisotopic (exact) mass is 219 g/mol. The van der Waals surface area contributed by atoms with Crippen LogP contribution in [-0.2, 0) is 11.5 Å². The van der Waals surface area contributed by atoms with E-state index in [1.54, 1.807) is 0 Å². The normalized spacial score (nSPS) is 10.0. The van der Waals surface area contributed by atoms with E-state index in [0.29, 0.717) is 10.9 Å². The van der Waals surface area contributed by atoms with Crippen LogP contribution in [0, 0.1) is 0 Å². The second-order valence-corrected chi connectivity index (χ2v) is 2.54. The van der Waals surface area contributed by atoms with Gasteiger partial charge in [0, 0.05) is 7.11 Å². The van der Waals surface area contributed by atoms with E-state index in [1.807, 2.05) is 0 Å². The van der Waals surface area contributed by atoms with E-state index in [-0.39, 0.29) is 12.4 Å². The SMILES string of the molecule is COCn1nc(Br)c(C=O)n1. The van der Waals surface area contributed by atoms with Crippen LogP contribution in [0.15, 0.2) is 4.60 Å². The van der Waals surface area contributed by atoms with Crippen LogP contribution in [0.5, 0.6) is 0 Å². The molecule has 5 nitrogen and oxygen atoms in total. The molecule has 0 aliphatic rings. The molecule has 1 aromatic heterocycles. The fraction of sp³-hybridized carbons (Fsp3) is 0.400. The summed E-state index contributed by atoms with van der Waals surface area (Å²) in [7, 11) is 1.53. The average molecular weight is 220 g/mol. The number of rotatable bonds is 3. The van der Waals surface area contributed by atoms with E-state index in [1.165, 1.54) is 11.9 Å². The van der Waals surface area contributed by atoms with Crippen molar-refractivity contribution in [2.24, 2.45) is 0 Å². The summed E-state index contributed by atoms with van der Waals surface area (Å²) in [5.41, 5.74) is 0.280. The molecule has 0 aliphatic carbocycles. The van der Waals surface area contributed by atoms with Crippen LogP contribution in [0.25, 0.3) is 0 Å². The summed E-state index contributed by atoms with van der Waals surface area (Å²) in [4.78, 5) is 11.5. The van der Waals surface area contributed by atoms with Crippen molar-refractivity contribution >= 4 is 22.2 Å². The number of aldehydes is 1. The van der Waals surface area contributed by atoms with E-state index in [0.717, 1.165) is 0 Å². The second kappa shape index (κ2) is 3.59. The predicted molar refractivity (Wildman–Crippen MR) is 40.1 cm³/mol. The molecule has 0 amide bonds. The van der Waals surface area contributed by atoms with Gasteiger partial charge in [-0.05, 0) is 15.9 Å². The minimum atomic E-state index is 0.242. The van der Waals surface area contributed by atoms with Crippen molar-refractivity contribution < 1.29 is 9.53 Å². The van der Waals surface area contributed by atoms with Crippen molar-refractivity contribution in [2.45, 2.75) is 6.73 Å². The molecule has 0 saturated carbocycles. The number of aromatic nitrogens is 3. The van der Waals surface area contributed by atoms with Crippen molar-refractivity contribution in [3.05, 3.63) is 10.3 Å². The molecule has 0 N–H and O–H groups in total. The Morgan fingerprint density at radius 1 is 1.73 bits per heavy atom. The lowest BCUT2D eigenvalue weighted by molar-refractivity contribution is 0.105. The van der Waals surface area contributed by atoms with Crippen LogP contribution >= 0.6 is 15.9 Å². The van der Waals surface area contributed by atoms with Gasteiger partial charge < -0.3 is 4.74 Å². The maximum atomic E-state index is 10.3. The molecule has 0 atom stereocenters. The van der Waals surface area contributed by atoms with Crippen LogP contribution in [0.3, 0.4) is 0 Å². The maximum Gasteiger partial charge on any atom is 0.173 e. The van der Waals surface area contributed by atoms with Gasteiger partial charge >= 0.3 is 0 Å². The minimum Gasteiger partial charge on any atom is -0.361 e. The highest BCUT2D eigenvalue weighted by Gasteiger charge is 2.05. The summed E-state index contributed by atoms with van der Waals surface area (Å²) in [5.74, 6) is 0. The lowest BCUT2D eigenvalue weighted by Crippen LogP contribution is -2.03. The molecule has 0 spiro atoms. The first-order chi connectivity index (χ1) is 5.27. The van der Waals surface area contributed by atoms with E-state index in [2.05, 4.69) is 26.1 Å². The van der Waals surface area contributed by atoms with Gasteiger partial charge in [-0.15, -0.1) is 10.2 Å². The Balaban J connectivity index is 2.86. The van der Waals surface area contributed by atoms with E-state index < -0.39 is 0 Å². The number of carbonyl (C=O) groups is 1. The third-order valence-corrected chi connectivity index (χ3v) is 1.56. The van der Waals surface area contributed by atoms with Gasteiger partial charge in [-0.25, -0.2) is 0 Å². The molecule has 60 valence electrons. The third kappa shape index (κ3) is 1.84. The topological polar surface area (TPSA) is 57.0 Å². The van der Waals surface area contributed by atoms with Gasteiger partial charge in [-0.3, -0.25) is 4.79 Å². The Morgan fingerprint density at radius 3 is 2.91 bits per heavy atom. The van der Waals surface area contributed by atoms with Gasteiger partial charge in [0.05, 0.1) is 0 Å². The van der Waals surface area contributed by atoms with Gasteiger partial charge in [-0.2, -0.15) is 4.80 Å². The predicted octanol–water partition coefficient (Wildman–Crippen LogP) is 0.457. The van der Waals surface area contributed by atoms with Crippen LogP contribution in [-0.4, -0.2) is 28.4 Å². The van der Waals surface area contributed by atoms with Crippen LogP contribution < -0.4 is 0 Å². The summed E-state index contributed by atoms with van der Waals surface area (Å²) in [6, 6.07) is 0. The zero-order chi connectivity index (χ0) is 8.27. The molecule has 0 unspecified atom stereocenters. The maximum absolute atomic E-state index is 10.3. The molecule has 0 fully saturated rings. The number of nitrogens with zero attached hydrogens (tertiary/aromatic N) is 3. The standard InChI is InChI=1S/C5H6BrN3O2/c1-11-3-9-7-4(2-10)5(6)8-9/h2H,3H2,1H3. The summed E-state index contributed by atoms with van der Waals surface area (Å²) >= 11 is 3.07. The molecular formula is C5H6BrN3O2. The number of methoxy groups -OCH3 is 1. The molecule has 11 heavy (non-hydrogen) atoms. The van der Waals surface area contributed by atoms with Crippen LogP contribution in [0.1, 0.15) is 10.5 Å². The second-order valence-electron chi connectivity index (χ2n) is 1.78. The van der Waals surface area contributed by atoms with E-state index in [4.69, 9.17) is 4.74 Å². The number of halogens is 1. The van der Waals surface area contributed by atoms with Gasteiger partial charge in [0.1, 0.15) is 0 Å². The Labute approximate surface area is 71.5 Å². The van der Waals surface area contributed by atoms with E-state index in [9.17, 15) is 4.79 Å². The lowest BCUT2D eigenvalue weighted by atomic mass is 10.6. The Hall–Kier alpha value is -0.750. The molecule has 1 rings (SSSR count).